The number of carbonyl (C=O) groups excluding carboxylic acids is 2. The maximum absolute atomic E-state index is 12.7. The molecule has 1 aliphatic heterocycles. The first-order chi connectivity index (χ1) is 14.7. The van der Waals surface area contributed by atoms with Crippen LogP contribution in [0.4, 0.5) is 0 Å². The second kappa shape index (κ2) is 10.1. The molecule has 0 aliphatic carbocycles. The first-order valence-electron chi connectivity index (χ1n) is 10.3. The van der Waals surface area contributed by atoms with E-state index in [1.807, 2.05) is 47.4 Å². The van der Waals surface area contributed by atoms with E-state index in [-0.39, 0.29) is 11.8 Å². The number of fused-ring (bicyclic) bond motifs is 1. The molecule has 0 spiro atoms. The fourth-order valence-corrected chi connectivity index (χ4v) is 5.50. The van der Waals surface area contributed by atoms with Gasteiger partial charge in [-0.15, -0.1) is 23.1 Å². The molecule has 5 nitrogen and oxygen atoms in total. The summed E-state index contributed by atoms with van der Waals surface area (Å²) in [4.78, 5) is 32.4. The lowest BCUT2D eigenvalue weighted by Crippen LogP contribution is -2.29. The number of amides is 2. The Labute approximate surface area is 184 Å². The number of thioether (sulfide) groups is 1. The molecule has 2 amide bonds. The summed E-state index contributed by atoms with van der Waals surface area (Å²) in [6.07, 6.45) is 3.87. The van der Waals surface area contributed by atoms with Crippen LogP contribution in [0.2, 0.25) is 0 Å². The number of thiazole rings is 1. The molecule has 30 heavy (non-hydrogen) atoms. The van der Waals surface area contributed by atoms with Crippen molar-refractivity contribution in [3.05, 3.63) is 59.1 Å². The minimum absolute atomic E-state index is 0.0870. The smallest absolute Gasteiger partial charge is 0.252 e. The predicted molar refractivity (Wildman–Crippen MR) is 123 cm³/mol. The van der Waals surface area contributed by atoms with Gasteiger partial charge >= 0.3 is 0 Å². The summed E-state index contributed by atoms with van der Waals surface area (Å²) in [7, 11) is 0. The zero-order valence-corrected chi connectivity index (χ0v) is 18.4. The fraction of sp³-hybridized carbons (Fsp3) is 0.348. The van der Waals surface area contributed by atoms with Gasteiger partial charge in [-0.05, 0) is 43.5 Å². The van der Waals surface area contributed by atoms with E-state index in [4.69, 9.17) is 0 Å². The van der Waals surface area contributed by atoms with Crippen molar-refractivity contribution < 1.29 is 9.59 Å². The van der Waals surface area contributed by atoms with Crippen LogP contribution in [-0.2, 0) is 11.2 Å². The summed E-state index contributed by atoms with van der Waals surface area (Å²) in [5, 5.41) is 4.11. The molecule has 1 saturated heterocycles. The second-order valence-corrected chi connectivity index (χ2v) is 9.44. The number of carbonyl (C=O) groups is 2. The monoisotopic (exact) mass is 439 g/mol. The van der Waals surface area contributed by atoms with Crippen LogP contribution >= 0.6 is 23.1 Å². The third-order valence-electron chi connectivity index (χ3n) is 5.13. The molecule has 0 saturated carbocycles. The van der Waals surface area contributed by atoms with Gasteiger partial charge in [-0.1, -0.05) is 24.3 Å². The van der Waals surface area contributed by atoms with Gasteiger partial charge in [0.1, 0.15) is 0 Å². The molecule has 1 N–H and O–H groups in total. The molecule has 2 heterocycles. The average molecular weight is 440 g/mol. The number of likely N-dealkylation sites (tertiary alicyclic amines) is 1. The zero-order valence-electron chi connectivity index (χ0n) is 16.8. The summed E-state index contributed by atoms with van der Waals surface area (Å²) < 4.78 is 1.20. The molecule has 0 radical (unpaired) electrons. The van der Waals surface area contributed by atoms with Gasteiger partial charge in [-0.3, -0.25) is 9.59 Å². The van der Waals surface area contributed by atoms with Crippen LogP contribution in [0.25, 0.3) is 10.2 Å². The molecule has 4 rings (SSSR count). The van der Waals surface area contributed by atoms with Crippen LogP contribution in [0.1, 0.15) is 34.6 Å². The molecule has 1 aliphatic rings. The first-order valence-corrected chi connectivity index (χ1v) is 12.1. The van der Waals surface area contributed by atoms with Crippen LogP contribution in [0.5, 0.6) is 0 Å². The van der Waals surface area contributed by atoms with E-state index in [2.05, 4.69) is 16.4 Å². The van der Waals surface area contributed by atoms with Crippen LogP contribution in [0, 0.1) is 0 Å². The van der Waals surface area contributed by atoms with E-state index >= 15 is 0 Å². The standard InChI is InChI=1S/C23H25N3O2S2/c27-22(26-14-5-6-15-26)16-29-19-10-3-1-8-17(19)23(28)24-13-7-12-21-25-18-9-2-4-11-20(18)30-21/h1-4,8-11H,5-7,12-16H2,(H,24,28). The van der Waals surface area contributed by atoms with Gasteiger partial charge in [0.15, 0.2) is 0 Å². The number of benzene rings is 2. The van der Waals surface area contributed by atoms with Crippen molar-refractivity contribution in [3.8, 4) is 0 Å². The Balaban J connectivity index is 1.27. The molecule has 1 aromatic heterocycles. The highest BCUT2D eigenvalue weighted by molar-refractivity contribution is 8.00. The van der Waals surface area contributed by atoms with Crippen molar-refractivity contribution in [2.24, 2.45) is 0 Å². The minimum atomic E-state index is -0.0870. The molecule has 1 fully saturated rings. The zero-order chi connectivity index (χ0) is 20.8. The van der Waals surface area contributed by atoms with E-state index in [1.165, 1.54) is 16.5 Å². The summed E-state index contributed by atoms with van der Waals surface area (Å²) in [5.41, 5.74) is 1.67. The summed E-state index contributed by atoms with van der Waals surface area (Å²) in [5.74, 6) is 0.446. The largest absolute Gasteiger partial charge is 0.352 e. The number of aromatic nitrogens is 1. The molecule has 3 aromatic rings. The lowest BCUT2D eigenvalue weighted by Gasteiger charge is -2.15. The Morgan fingerprint density at radius 3 is 2.67 bits per heavy atom. The van der Waals surface area contributed by atoms with Crippen molar-refractivity contribution in [2.75, 3.05) is 25.4 Å². The van der Waals surface area contributed by atoms with Crippen molar-refractivity contribution >= 4 is 45.1 Å². The highest BCUT2D eigenvalue weighted by Crippen LogP contribution is 2.24. The third-order valence-corrected chi connectivity index (χ3v) is 7.29. The van der Waals surface area contributed by atoms with Gasteiger partial charge in [-0.25, -0.2) is 4.98 Å². The molecule has 2 aromatic carbocycles. The Kier molecular flexibility index (Phi) is 7.02. The molecule has 7 heteroatoms. The average Bonchev–Trinajstić information content (AvgIpc) is 3.45. The van der Waals surface area contributed by atoms with E-state index in [0.717, 1.165) is 54.2 Å². The number of aryl methyl sites for hydroxylation is 1. The first kappa shape index (κ1) is 20.9. The highest BCUT2D eigenvalue weighted by atomic mass is 32.2. The molecular weight excluding hydrogens is 414 g/mol. The number of rotatable bonds is 8. The van der Waals surface area contributed by atoms with Gasteiger partial charge in [0.25, 0.3) is 5.91 Å². The Hall–Kier alpha value is -2.38. The van der Waals surface area contributed by atoms with Gasteiger partial charge in [0, 0.05) is 31.0 Å². The number of nitrogens with one attached hydrogen (secondary N) is 1. The quantitative estimate of drug-likeness (QED) is 0.418. The van der Waals surface area contributed by atoms with Crippen molar-refractivity contribution in [2.45, 2.75) is 30.6 Å². The second-order valence-electron chi connectivity index (χ2n) is 7.31. The minimum Gasteiger partial charge on any atom is -0.352 e. The summed E-state index contributed by atoms with van der Waals surface area (Å²) in [6.45, 7) is 2.31. The van der Waals surface area contributed by atoms with Gasteiger partial charge in [0.2, 0.25) is 5.91 Å². The molecular formula is C23H25N3O2S2. The summed E-state index contributed by atoms with van der Waals surface area (Å²) >= 11 is 3.16. The maximum atomic E-state index is 12.7. The van der Waals surface area contributed by atoms with E-state index in [9.17, 15) is 9.59 Å². The number of hydrogen-bond donors (Lipinski definition) is 1. The topological polar surface area (TPSA) is 62.3 Å². The molecule has 0 atom stereocenters. The number of hydrogen-bond acceptors (Lipinski definition) is 5. The lowest BCUT2D eigenvalue weighted by molar-refractivity contribution is -0.127. The lowest BCUT2D eigenvalue weighted by atomic mass is 10.2. The predicted octanol–water partition coefficient (Wildman–Crippen LogP) is 4.37. The fourth-order valence-electron chi connectivity index (χ4n) is 3.54. The van der Waals surface area contributed by atoms with Crippen LogP contribution < -0.4 is 5.32 Å². The molecule has 0 unspecified atom stereocenters. The van der Waals surface area contributed by atoms with Crippen LogP contribution in [0.15, 0.2) is 53.4 Å². The van der Waals surface area contributed by atoms with Crippen molar-refractivity contribution in [1.29, 1.82) is 0 Å². The Morgan fingerprint density at radius 2 is 1.83 bits per heavy atom. The molecule has 156 valence electrons. The highest BCUT2D eigenvalue weighted by Gasteiger charge is 2.19. The van der Waals surface area contributed by atoms with Crippen LogP contribution in [-0.4, -0.2) is 47.1 Å². The number of para-hydroxylation sites is 1. The van der Waals surface area contributed by atoms with Gasteiger partial charge < -0.3 is 10.2 Å². The van der Waals surface area contributed by atoms with E-state index in [0.29, 0.717) is 17.9 Å². The maximum Gasteiger partial charge on any atom is 0.252 e. The van der Waals surface area contributed by atoms with Crippen molar-refractivity contribution in [1.82, 2.24) is 15.2 Å². The van der Waals surface area contributed by atoms with E-state index in [1.54, 1.807) is 11.3 Å². The van der Waals surface area contributed by atoms with E-state index < -0.39 is 0 Å². The summed E-state index contributed by atoms with van der Waals surface area (Å²) in [6, 6.07) is 15.7. The number of nitrogens with zero attached hydrogens (tertiary/aromatic N) is 2. The Morgan fingerprint density at radius 1 is 1.07 bits per heavy atom. The van der Waals surface area contributed by atoms with Gasteiger partial charge in [0.05, 0.1) is 26.5 Å². The molecule has 0 bridgehead atoms. The normalized spacial score (nSPS) is 13.7. The third kappa shape index (κ3) is 5.21. The Bertz CT molecular complexity index is 995. The SMILES string of the molecule is O=C(NCCCc1nc2ccccc2s1)c1ccccc1SCC(=O)N1CCCC1. The van der Waals surface area contributed by atoms with Gasteiger partial charge in [-0.2, -0.15) is 0 Å². The van der Waals surface area contributed by atoms with Crippen molar-refractivity contribution in [3.63, 3.8) is 0 Å². The van der Waals surface area contributed by atoms with Crippen LogP contribution in [0.3, 0.4) is 0 Å².